The monoisotopic (exact) mass is 236 g/mol. The predicted octanol–water partition coefficient (Wildman–Crippen LogP) is 2.82. The second kappa shape index (κ2) is 5.34. The van der Waals surface area contributed by atoms with Gasteiger partial charge in [-0.1, -0.05) is 0 Å². The maximum atomic E-state index is 13.0. The van der Waals surface area contributed by atoms with E-state index in [4.69, 9.17) is 9.15 Å². The van der Waals surface area contributed by atoms with Gasteiger partial charge in [0.05, 0.1) is 25.0 Å². The highest BCUT2D eigenvalue weighted by molar-refractivity contribution is 5.56. The van der Waals surface area contributed by atoms with E-state index in [1.165, 1.54) is 18.5 Å². The molecule has 2 aromatic rings. The molecule has 1 heterocycles. The lowest BCUT2D eigenvalue weighted by molar-refractivity contribution is 0.339. The first-order valence-electron chi connectivity index (χ1n) is 5.33. The average Bonchev–Trinajstić information content (AvgIpc) is 2.81. The molecule has 0 radical (unpaired) electrons. The van der Waals surface area contributed by atoms with Gasteiger partial charge < -0.3 is 14.5 Å². The molecule has 0 aliphatic carbocycles. The van der Waals surface area contributed by atoms with Crippen molar-refractivity contribution in [2.75, 3.05) is 11.9 Å². The molecule has 0 aliphatic heterocycles. The molecule has 90 valence electrons. The molecule has 1 aromatic carbocycles. The lowest BCUT2D eigenvalue weighted by Crippen LogP contribution is -2.02. The van der Waals surface area contributed by atoms with Crippen LogP contribution in [0.4, 0.5) is 10.1 Å². The topological polar surface area (TPSA) is 47.3 Å². The van der Waals surface area contributed by atoms with Crippen molar-refractivity contribution in [1.82, 2.24) is 4.98 Å². The van der Waals surface area contributed by atoms with Crippen molar-refractivity contribution >= 4 is 5.69 Å². The third-order valence-electron chi connectivity index (χ3n) is 2.18. The van der Waals surface area contributed by atoms with Gasteiger partial charge in [-0.3, -0.25) is 0 Å². The maximum absolute atomic E-state index is 13.0. The number of hydrogen-bond donors (Lipinski definition) is 1. The molecule has 2 rings (SSSR count). The van der Waals surface area contributed by atoms with E-state index in [-0.39, 0.29) is 5.82 Å². The third kappa shape index (κ3) is 2.96. The maximum Gasteiger partial charge on any atom is 0.180 e. The van der Waals surface area contributed by atoms with E-state index in [1.54, 1.807) is 12.3 Å². The van der Waals surface area contributed by atoms with E-state index >= 15 is 0 Å². The normalized spacial score (nSPS) is 10.2. The molecule has 1 N–H and O–H groups in total. The van der Waals surface area contributed by atoms with Gasteiger partial charge in [-0.25, -0.2) is 9.37 Å². The van der Waals surface area contributed by atoms with E-state index in [2.05, 4.69) is 10.3 Å². The third-order valence-corrected chi connectivity index (χ3v) is 2.18. The van der Waals surface area contributed by atoms with Gasteiger partial charge in [0.15, 0.2) is 6.39 Å². The van der Waals surface area contributed by atoms with Crippen molar-refractivity contribution in [1.29, 1.82) is 0 Å². The minimum atomic E-state index is -0.321. The lowest BCUT2D eigenvalue weighted by atomic mass is 10.2. The van der Waals surface area contributed by atoms with Crippen LogP contribution in [0.5, 0.6) is 5.75 Å². The first-order chi connectivity index (χ1) is 8.29. The molecule has 0 saturated heterocycles. The van der Waals surface area contributed by atoms with Crippen molar-refractivity contribution in [3.63, 3.8) is 0 Å². The van der Waals surface area contributed by atoms with Crippen LogP contribution in [0.3, 0.4) is 0 Å². The lowest BCUT2D eigenvalue weighted by Gasteiger charge is -2.11. The molecular weight excluding hydrogens is 223 g/mol. The first-order valence-corrected chi connectivity index (χ1v) is 5.33. The fourth-order valence-electron chi connectivity index (χ4n) is 1.43. The van der Waals surface area contributed by atoms with Gasteiger partial charge in [0.1, 0.15) is 17.3 Å². The summed E-state index contributed by atoms with van der Waals surface area (Å²) in [6.45, 7) is 2.82. The number of ether oxygens (including phenoxy) is 1. The highest BCUT2D eigenvalue weighted by Gasteiger charge is 2.05. The second-order valence-electron chi connectivity index (χ2n) is 3.39. The van der Waals surface area contributed by atoms with Gasteiger partial charge in [-0.05, 0) is 19.1 Å². The van der Waals surface area contributed by atoms with Crippen LogP contribution in [0.2, 0.25) is 0 Å². The van der Waals surface area contributed by atoms with Crippen molar-refractivity contribution < 1.29 is 13.5 Å². The number of anilines is 1. The molecule has 0 saturated carbocycles. The van der Waals surface area contributed by atoms with E-state index in [0.717, 1.165) is 5.69 Å². The largest absolute Gasteiger partial charge is 0.492 e. The van der Waals surface area contributed by atoms with Crippen molar-refractivity contribution in [3.05, 3.63) is 42.4 Å². The van der Waals surface area contributed by atoms with Crippen LogP contribution in [-0.4, -0.2) is 11.6 Å². The van der Waals surface area contributed by atoms with Gasteiger partial charge in [0.25, 0.3) is 0 Å². The smallest absolute Gasteiger partial charge is 0.180 e. The molecule has 0 atom stereocenters. The molecular formula is C12H13FN2O2. The van der Waals surface area contributed by atoms with Crippen LogP contribution in [0.25, 0.3) is 0 Å². The Morgan fingerprint density at radius 1 is 1.47 bits per heavy atom. The predicted molar refractivity (Wildman–Crippen MR) is 61.4 cm³/mol. The minimum Gasteiger partial charge on any atom is -0.492 e. The first kappa shape index (κ1) is 11.4. The van der Waals surface area contributed by atoms with Crippen LogP contribution in [0.1, 0.15) is 12.7 Å². The Kier molecular flexibility index (Phi) is 3.59. The number of oxazole rings is 1. The van der Waals surface area contributed by atoms with Crippen LogP contribution in [-0.2, 0) is 6.54 Å². The van der Waals surface area contributed by atoms with Crippen molar-refractivity contribution in [3.8, 4) is 5.75 Å². The number of rotatable bonds is 5. The van der Waals surface area contributed by atoms with Gasteiger partial charge in [0, 0.05) is 6.07 Å². The van der Waals surface area contributed by atoms with Gasteiger partial charge >= 0.3 is 0 Å². The average molecular weight is 236 g/mol. The number of halogens is 1. The molecule has 4 nitrogen and oxygen atoms in total. The molecule has 5 heteroatoms. The van der Waals surface area contributed by atoms with Crippen LogP contribution >= 0.6 is 0 Å². The molecule has 0 spiro atoms. The summed E-state index contributed by atoms with van der Waals surface area (Å²) in [5.74, 6) is 0.877. The van der Waals surface area contributed by atoms with E-state index in [1.807, 2.05) is 6.92 Å². The minimum absolute atomic E-state index is 0.321. The quantitative estimate of drug-likeness (QED) is 0.867. The van der Waals surface area contributed by atoms with Crippen molar-refractivity contribution in [2.24, 2.45) is 0 Å². The Bertz CT molecular complexity index is 471. The highest BCUT2D eigenvalue weighted by Crippen LogP contribution is 2.25. The van der Waals surface area contributed by atoms with Crippen LogP contribution in [0, 0.1) is 5.82 Å². The van der Waals surface area contributed by atoms with E-state index in [9.17, 15) is 4.39 Å². The molecule has 0 aliphatic rings. The summed E-state index contributed by atoms with van der Waals surface area (Å²) in [7, 11) is 0. The molecule has 0 fully saturated rings. The zero-order valence-electron chi connectivity index (χ0n) is 9.44. The number of benzene rings is 1. The number of nitrogens with one attached hydrogen (secondary N) is 1. The standard InChI is InChI=1S/C12H13FN2O2/c1-2-16-12-5-9(13)3-4-11(12)15-7-10-6-14-8-17-10/h3-6,8,15H,2,7H2,1H3. The summed E-state index contributed by atoms with van der Waals surface area (Å²) < 4.78 is 23.5. The van der Waals surface area contributed by atoms with Crippen LogP contribution in [0.15, 0.2) is 35.2 Å². The Hall–Kier alpha value is -2.04. The van der Waals surface area contributed by atoms with Gasteiger partial charge in [-0.15, -0.1) is 0 Å². The molecule has 0 unspecified atom stereocenters. The van der Waals surface area contributed by atoms with Gasteiger partial charge in [-0.2, -0.15) is 0 Å². The Morgan fingerprint density at radius 3 is 3.06 bits per heavy atom. The summed E-state index contributed by atoms with van der Waals surface area (Å²) in [5.41, 5.74) is 0.727. The zero-order chi connectivity index (χ0) is 12.1. The summed E-state index contributed by atoms with van der Waals surface area (Å²) in [6.07, 6.45) is 2.99. The van der Waals surface area contributed by atoms with E-state index < -0.39 is 0 Å². The number of hydrogen-bond acceptors (Lipinski definition) is 4. The molecule has 17 heavy (non-hydrogen) atoms. The summed E-state index contributed by atoms with van der Waals surface area (Å²) in [5, 5.41) is 3.10. The fraction of sp³-hybridized carbons (Fsp3) is 0.250. The summed E-state index contributed by atoms with van der Waals surface area (Å²) in [6, 6.07) is 4.37. The van der Waals surface area contributed by atoms with E-state index in [0.29, 0.717) is 24.7 Å². The Morgan fingerprint density at radius 2 is 2.35 bits per heavy atom. The summed E-state index contributed by atoms with van der Waals surface area (Å²) in [4.78, 5) is 3.81. The molecule has 0 bridgehead atoms. The second-order valence-corrected chi connectivity index (χ2v) is 3.39. The Balaban J connectivity index is 2.08. The van der Waals surface area contributed by atoms with Gasteiger partial charge in [0.2, 0.25) is 0 Å². The molecule has 1 aromatic heterocycles. The fourth-order valence-corrected chi connectivity index (χ4v) is 1.43. The number of aromatic nitrogens is 1. The zero-order valence-corrected chi connectivity index (χ0v) is 9.44. The SMILES string of the molecule is CCOc1cc(F)ccc1NCc1cnco1. The van der Waals surface area contributed by atoms with Crippen molar-refractivity contribution in [2.45, 2.75) is 13.5 Å². The number of nitrogens with zero attached hydrogens (tertiary/aromatic N) is 1. The van der Waals surface area contributed by atoms with Crippen LogP contribution < -0.4 is 10.1 Å². The Labute approximate surface area is 98.4 Å². The summed E-state index contributed by atoms with van der Waals surface area (Å²) >= 11 is 0. The highest BCUT2D eigenvalue weighted by atomic mass is 19.1. The molecule has 0 amide bonds.